The quantitative estimate of drug-likeness (QED) is 0.812. The topological polar surface area (TPSA) is 46.3 Å². The van der Waals surface area contributed by atoms with Gasteiger partial charge in [-0.3, -0.25) is 4.79 Å². The highest BCUT2D eigenvalue weighted by Gasteiger charge is 2.49. The van der Waals surface area contributed by atoms with E-state index in [1.54, 1.807) is 13.8 Å². The van der Waals surface area contributed by atoms with Crippen molar-refractivity contribution < 1.29 is 18.0 Å². The van der Waals surface area contributed by atoms with Gasteiger partial charge in [0.15, 0.2) is 0 Å². The molecule has 2 atom stereocenters. The average molecular weight is 310 g/mol. The molecule has 0 aromatic rings. The van der Waals surface area contributed by atoms with E-state index < -0.39 is 23.9 Å². The molecular formula is C13H21F3N2OS. The van der Waals surface area contributed by atoms with Crippen LogP contribution in [-0.2, 0) is 4.79 Å². The molecule has 0 aliphatic heterocycles. The SMILES string of the molecule is CC(C)N(CC(N)=S)C(=O)C1CCCCC1C(F)(F)F. The summed E-state index contributed by atoms with van der Waals surface area (Å²) in [7, 11) is 0. The van der Waals surface area contributed by atoms with E-state index in [1.807, 2.05) is 0 Å². The van der Waals surface area contributed by atoms with Crippen LogP contribution < -0.4 is 5.73 Å². The Kier molecular flexibility index (Phi) is 5.79. The number of amides is 1. The van der Waals surface area contributed by atoms with E-state index in [-0.39, 0.29) is 30.4 Å². The Morgan fingerprint density at radius 2 is 1.90 bits per heavy atom. The molecule has 1 amide bonds. The molecule has 2 unspecified atom stereocenters. The Hall–Kier alpha value is -0.850. The maximum Gasteiger partial charge on any atom is 0.392 e. The molecular weight excluding hydrogens is 289 g/mol. The number of halogens is 3. The maximum absolute atomic E-state index is 13.1. The normalized spacial score (nSPS) is 23.7. The minimum absolute atomic E-state index is 0.0267. The van der Waals surface area contributed by atoms with Gasteiger partial charge in [-0.2, -0.15) is 13.2 Å². The highest BCUT2D eigenvalue weighted by Crippen LogP contribution is 2.42. The zero-order valence-corrected chi connectivity index (χ0v) is 12.6. The standard InChI is InChI=1S/C13H21F3N2OS/c1-8(2)18(7-11(17)20)12(19)9-5-3-4-6-10(9)13(14,15)16/h8-10H,3-7H2,1-2H3,(H2,17,20). The summed E-state index contributed by atoms with van der Waals surface area (Å²) in [6.07, 6.45) is -2.85. The summed E-state index contributed by atoms with van der Waals surface area (Å²) in [5.74, 6) is -3.02. The average Bonchev–Trinajstić information content (AvgIpc) is 2.33. The van der Waals surface area contributed by atoms with E-state index in [2.05, 4.69) is 0 Å². The molecule has 1 aliphatic carbocycles. The number of nitrogens with two attached hydrogens (primary N) is 1. The van der Waals surface area contributed by atoms with E-state index in [1.165, 1.54) is 4.90 Å². The molecule has 0 heterocycles. The van der Waals surface area contributed by atoms with Crippen LogP contribution in [0.5, 0.6) is 0 Å². The van der Waals surface area contributed by atoms with Gasteiger partial charge in [-0.25, -0.2) is 0 Å². The zero-order chi connectivity index (χ0) is 15.5. The number of hydrogen-bond acceptors (Lipinski definition) is 2. The van der Waals surface area contributed by atoms with Gasteiger partial charge in [-0.15, -0.1) is 0 Å². The molecule has 116 valence electrons. The van der Waals surface area contributed by atoms with Crippen LogP contribution in [0.25, 0.3) is 0 Å². The molecule has 20 heavy (non-hydrogen) atoms. The van der Waals surface area contributed by atoms with Gasteiger partial charge in [0.05, 0.1) is 17.5 Å². The van der Waals surface area contributed by atoms with Crippen molar-refractivity contribution in [3.8, 4) is 0 Å². The van der Waals surface area contributed by atoms with Crippen LogP contribution in [0.1, 0.15) is 39.5 Å². The van der Waals surface area contributed by atoms with Crippen molar-refractivity contribution in [3.63, 3.8) is 0 Å². The fourth-order valence-electron chi connectivity index (χ4n) is 2.71. The Bertz CT molecular complexity index is 371. The summed E-state index contributed by atoms with van der Waals surface area (Å²) in [6, 6.07) is -0.222. The first-order valence-electron chi connectivity index (χ1n) is 6.80. The molecule has 1 fully saturated rings. The second-order valence-electron chi connectivity index (χ2n) is 5.57. The lowest BCUT2D eigenvalue weighted by Crippen LogP contribution is -2.49. The van der Waals surface area contributed by atoms with E-state index in [4.69, 9.17) is 18.0 Å². The van der Waals surface area contributed by atoms with Gasteiger partial charge >= 0.3 is 6.18 Å². The van der Waals surface area contributed by atoms with Crippen molar-refractivity contribution in [1.29, 1.82) is 0 Å². The van der Waals surface area contributed by atoms with E-state index >= 15 is 0 Å². The highest BCUT2D eigenvalue weighted by atomic mass is 32.1. The largest absolute Gasteiger partial charge is 0.392 e. The Labute approximate surface area is 122 Å². The molecule has 1 saturated carbocycles. The van der Waals surface area contributed by atoms with Crippen LogP contribution in [0.4, 0.5) is 13.2 Å². The predicted molar refractivity (Wildman–Crippen MR) is 75.1 cm³/mol. The molecule has 1 aliphatic rings. The molecule has 2 N–H and O–H groups in total. The monoisotopic (exact) mass is 310 g/mol. The third-order valence-corrected chi connectivity index (χ3v) is 3.87. The minimum atomic E-state index is -4.33. The summed E-state index contributed by atoms with van der Waals surface area (Å²) >= 11 is 4.78. The first-order chi connectivity index (χ1) is 9.14. The summed E-state index contributed by atoms with van der Waals surface area (Å²) in [4.78, 5) is 13.9. The van der Waals surface area contributed by atoms with Crippen LogP contribution in [-0.4, -0.2) is 34.6 Å². The first-order valence-corrected chi connectivity index (χ1v) is 7.21. The third-order valence-electron chi connectivity index (χ3n) is 3.74. The van der Waals surface area contributed by atoms with Crippen molar-refractivity contribution in [2.24, 2.45) is 17.6 Å². The van der Waals surface area contributed by atoms with E-state index in [9.17, 15) is 18.0 Å². The number of carbonyl (C=O) groups excluding carboxylic acids is 1. The molecule has 3 nitrogen and oxygen atoms in total. The molecule has 0 aromatic carbocycles. The molecule has 0 radical (unpaired) electrons. The number of carbonyl (C=O) groups is 1. The van der Waals surface area contributed by atoms with Crippen LogP contribution >= 0.6 is 12.2 Å². The second kappa shape index (κ2) is 6.74. The van der Waals surface area contributed by atoms with Crippen molar-refractivity contribution in [3.05, 3.63) is 0 Å². The molecule has 0 aromatic heterocycles. The van der Waals surface area contributed by atoms with Crippen LogP contribution in [0.15, 0.2) is 0 Å². The summed E-state index contributed by atoms with van der Waals surface area (Å²) in [5.41, 5.74) is 5.43. The van der Waals surface area contributed by atoms with Crippen LogP contribution in [0.2, 0.25) is 0 Å². The van der Waals surface area contributed by atoms with Gasteiger partial charge in [0.2, 0.25) is 5.91 Å². The number of nitrogens with zero attached hydrogens (tertiary/aromatic N) is 1. The van der Waals surface area contributed by atoms with Crippen molar-refractivity contribution in [2.75, 3.05) is 6.54 Å². The van der Waals surface area contributed by atoms with Gasteiger partial charge in [-0.05, 0) is 26.7 Å². The molecule has 0 spiro atoms. The van der Waals surface area contributed by atoms with Gasteiger partial charge in [0.1, 0.15) is 0 Å². The maximum atomic E-state index is 13.1. The van der Waals surface area contributed by atoms with Crippen LogP contribution in [0, 0.1) is 11.8 Å². The number of hydrogen-bond donors (Lipinski definition) is 1. The Balaban J connectivity index is 2.92. The van der Waals surface area contributed by atoms with E-state index in [0.29, 0.717) is 12.8 Å². The first kappa shape index (κ1) is 17.2. The van der Waals surface area contributed by atoms with Crippen LogP contribution in [0.3, 0.4) is 0 Å². The number of alkyl halides is 3. The lowest BCUT2D eigenvalue weighted by Gasteiger charge is -2.37. The van der Waals surface area contributed by atoms with Gasteiger partial charge in [0, 0.05) is 12.0 Å². The van der Waals surface area contributed by atoms with Gasteiger partial charge in [0.25, 0.3) is 0 Å². The molecule has 0 bridgehead atoms. The van der Waals surface area contributed by atoms with E-state index in [0.717, 1.165) is 0 Å². The lowest BCUT2D eigenvalue weighted by atomic mass is 9.78. The molecule has 1 rings (SSSR count). The van der Waals surface area contributed by atoms with Gasteiger partial charge in [-0.1, -0.05) is 25.1 Å². The Morgan fingerprint density at radius 1 is 1.35 bits per heavy atom. The highest BCUT2D eigenvalue weighted by molar-refractivity contribution is 7.80. The van der Waals surface area contributed by atoms with Crippen molar-refractivity contribution >= 4 is 23.1 Å². The second-order valence-corrected chi connectivity index (χ2v) is 6.09. The lowest BCUT2D eigenvalue weighted by molar-refractivity contribution is -0.201. The molecule has 0 saturated heterocycles. The van der Waals surface area contributed by atoms with Crippen molar-refractivity contribution in [2.45, 2.75) is 51.7 Å². The Morgan fingerprint density at radius 3 is 2.35 bits per heavy atom. The smallest absolute Gasteiger partial charge is 0.392 e. The predicted octanol–water partition coefficient (Wildman–Crippen LogP) is 2.88. The number of rotatable bonds is 4. The fourth-order valence-corrected chi connectivity index (χ4v) is 2.85. The summed E-state index contributed by atoms with van der Waals surface area (Å²) in [6.45, 7) is 3.54. The molecule has 7 heteroatoms. The minimum Gasteiger partial charge on any atom is -0.392 e. The summed E-state index contributed by atoms with van der Waals surface area (Å²) < 4.78 is 39.2. The fraction of sp³-hybridized carbons (Fsp3) is 0.846. The third kappa shape index (κ3) is 4.33. The number of thiocarbonyl (C=S) groups is 1. The summed E-state index contributed by atoms with van der Waals surface area (Å²) in [5, 5.41) is 0. The van der Waals surface area contributed by atoms with Crippen molar-refractivity contribution in [1.82, 2.24) is 4.90 Å². The zero-order valence-electron chi connectivity index (χ0n) is 11.7. The van der Waals surface area contributed by atoms with Gasteiger partial charge < -0.3 is 10.6 Å².